The second-order valence-corrected chi connectivity index (χ2v) is 6.74. The van der Waals surface area contributed by atoms with E-state index in [1.807, 2.05) is 10.6 Å². The number of aromatic nitrogens is 3. The van der Waals surface area contributed by atoms with Gasteiger partial charge in [0.05, 0.1) is 24.8 Å². The predicted molar refractivity (Wildman–Crippen MR) is 101 cm³/mol. The van der Waals surface area contributed by atoms with Gasteiger partial charge in [-0.1, -0.05) is 17.8 Å². The molecular weight excluding hydrogens is 383 g/mol. The van der Waals surface area contributed by atoms with E-state index < -0.39 is 5.82 Å². The highest BCUT2D eigenvalue weighted by atomic mass is 32.2. The van der Waals surface area contributed by atoms with E-state index in [4.69, 9.17) is 8.83 Å². The lowest BCUT2D eigenvalue weighted by Gasteiger charge is -2.08. The lowest BCUT2D eigenvalue weighted by atomic mass is 10.3. The topological polar surface area (TPSA) is 86.1 Å². The van der Waals surface area contributed by atoms with Gasteiger partial charge in [-0.2, -0.15) is 0 Å². The minimum Gasteiger partial charge on any atom is -0.467 e. The predicted octanol–water partition coefficient (Wildman–Crippen LogP) is 4.05. The summed E-state index contributed by atoms with van der Waals surface area (Å²) in [7, 11) is 0. The first-order valence-corrected chi connectivity index (χ1v) is 9.35. The summed E-state index contributed by atoms with van der Waals surface area (Å²) in [6, 6.07) is 12.9. The molecule has 7 nitrogen and oxygen atoms in total. The molecule has 3 heterocycles. The fourth-order valence-electron chi connectivity index (χ4n) is 2.58. The standard InChI is InChI=1S/C19H15FN4O3S/c20-13-4-1-5-14(10-13)21-17(25)12-28-19-23-22-18(16-7-3-9-27-16)24(19)11-15-6-2-8-26-15/h1-10H,11-12H2,(H,21,25). The normalized spacial score (nSPS) is 10.9. The third kappa shape index (κ3) is 4.15. The van der Waals surface area contributed by atoms with Gasteiger partial charge in [-0.05, 0) is 42.5 Å². The Morgan fingerprint density at radius 2 is 1.96 bits per heavy atom. The highest BCUT2D eigenvalue weighted by Crippen LogP contribution is 2.25. The molecule has 0 atom stereocenters. The van der Waals surface area contributed by atoms with Gasteiger partial charge in [0.1, 0.15) is 11.6 Å². The van der Waals surface area contributed by atoms with E-state index in [0.717, 1.165) is 5.76 Å². The van der Waals surface area contributed by atoms with Crippen LogP contribution in [0.1, 0.15) is 5.76 Å². The Morgan fingerprint density at radius 3 is 2.71 bits per heavy atom. The van der Waals surface area contributed by atoms with Crippen molar-refractivity contribution < 1.29 is 18.0 Å². The van der Waals surface area contributed by atoms with Crippen LogP contribution in [-0.4, -0.2) is 26.4 Å². The fraction of sp³-hybridized carbons (Fsp3) is 0.105. The Hall–Kier alpha value is -3.33. The van der Waals surface area contributed by atoms with Crippen LogP contribution in [0.2, 0.25) is 0 Å². The van der Waals surface area contributed by atoms with Crippen molar-refractivity contribution in [1.82, 2.24) is 14.8 Å². The van der Waals surface area contributed by atoms with Gasteiger partial charge in [-0.25, -0.2) is 4.39 Å². The van der Waals surface area contributed by atoms with Gasteiger partial charge in [0.2, 0.25) is 11.7 Å². The maximum Gasteiger partial charge on any atom is 0.234 e. The second kappa shape index (κ2) is 8.13. The summed E-state index contributed by atoms with van der Waals surface area (Å²) in [6.45, 7) is 0.393. The van der Waals surface area contributed by atoms with E-state index in [0.29, 0.717) is 29.0 Å². The Bertz CT molecular complexity index is 1060. The van der Waals surface area contributed by atoms with Gasteiger partial charge in [0, 0.05) is 5.69 Å². The number of amides is 1. The van der Waals surface area contributed by atoms with Crippen molar-refractivity contribution in [2.75, 3.05) is 11.1 Å². The molecular formula is C19H15FN4O3S. The molecule has 1 N–H and O–H groups in total. The molecule has 0 fully saturated rings. The van der Waals surface area contributed by atoms with Gasteiger partial charge in [0.25, 0.3) is 0 Å². The van der Waals surface area contributed by atoms with Gasteiger partial charge in [0.15, 0.2) is 10.9 Å². The monoisotopic (exact) mass is 398 g/mol. The first-order valence-electron chi connectivity index (χ1n) is 8.37. The van der Waals surface area contributed by atoms with Crippen LogP contribution < -0.4 is 5.32 Å². The Kier molecular flexibility index (Phi) is 5.24. The van der Waals surface area contributed by atoms with Crippen LogP contribution >= 0.6 is 11.8 Å². The lowest BCUT2D eigenvalue weighted by molar-refractivity contribution is -0.113. The van der Waals surface area contributed by atoms with E-state index in [1.165, 1.54) is 30.0 Å². The van der Waals surface area contributed by atoms with Crippen LogP contribution in [0.25, 0.3) is 11.6 Å². The smallest absolute Gasteiger partial charge is 0.234 e. The minimum atomic E-state index is -0.410. The number of halogens is 1. The molecule has 0 unspecified atom stereocenters. The van der Waals surface area contributed by atoms with Crippen LogP contribution in [-0.2, 0) is 11.3 Å². The van der Waals surface area contributed by atoms with Crippen molar-refractivity contribution in [3.63, 3.8) is 0 Å². The molecule has 0 saturated heterocycles. The molecule has 1 amide bonds. The summed E-state index contributed by atoms with van der Waals surface area (Å²) < 4.78 is 25.9. The maximum absolute atomic E-state index is 13.2. The highest BCUT2D eigenvalue weighted by Gasteiger charge is 2.18. The summed E-state index contributed by atoms with van der Waals surface area (Å²) >= 11 is 1.22. The molecule has 0 aliphatic heterocycles. The van der Waals surface area contributed by atoms with Crippen molar-refractivity contribution in [2.45, 2.75) is 11.7 Å². The zero-order valence-corrected chi connectivity index (χ0v) is 15.4. The number of nitrogens with zero attached hydrogens (tertiary/aromatic N) is 3. The fourth-order valence-corrected chi connectivity index (χ4v) is 3.32. The molecule has 3 aromatic heterocycles. The first kappa shape index (κ1) is 18.1. The number of anilines is 1. The zero-order valence-electron chi connectivity index (χ0n) is 14.5. The molecule has 0 aliphatic carbocycles. The van der Waals surface area contributed by atoms with Gasteiger partial charge < -0.3 is 14.2 Å². The van der Waals surface area contributed by atoms with Crippen LogP contribution in [0.3, 0.4) is 0 Å². The molecule has 0 aliphatic rings. The molecule has 1 aromatic carbocycles. The van der Waals surface area contributed by atoms with E-state index in [2.05, 4.69) is 15.5 Å². The summed E-state index contributed by atoms with van der Waals surface area (Å²) in [5.41, 5.74) is 0.402. The number of thioether (sulfide) groups is 1. The number of hydrogen-bond donors (Lipinski definition) is 1. The molecule has 0 saturated carbocycles. The first-order chi connectivity index (χ1) is 13.7. The highest BCUT2D eigenvalue weighted by molar-refractivity contribution is 7.99. The van der Waals surface area contributed by atoms with Crippen LogP contribution in [0.15, 0.2) is 75.0 Å². The molecule has 0 radical (unpaired) electrons. The maximum atomic E-state index is 13.2. The van der Waals surface area contributed by atoms with E-state index in [-0.39, 0.29) is 11.7 Å². The lowest BCUT2D eigenvalue weighted by Crippen LogP contribution is -2.15. The SMILES string of the molecule is O=C(CSc1nnc(-c2ccco2)n1Cc1ccco1)Nc1cccc(F)c1. The summed E-state index contributed by atoms with van der Waals surface area (Å²) in [5, 5.41) is 11.6. The number of carbonyl (C=O) groups is 1. The summed E-state index contributed by atoms with van der Waals surface area (Å²) in [5.74, 6) is 1.22. The van der Waals surface area contributed by atoms with E-state index >= 15 is 0 Å². The van der Waals surface area contributed by atoms with Crippen molar-refractivity contribution in [3.8, 4) is 11.6 Å². The third-order valence-corrected chi connectivity index (χ3v) is 4.76. The number of benzene rings is 1. The summed E-state index contributed by atoms with van der Waals surface area (Å²) in [6.07, 6.45) is 3.14. The van der Waals surface area contributed by atoms with Crippen molar-refractivity contribution in [1.29, 1.82) is 0 Å². The van der Waals surface area contributed by atoms with Crippen LogP contribution in [0.5, 0.6) is 0 Å². The second-order valence-electron chi connectivity index (χ2n) is 5.80. The molecule has 4 rings (SSSR count). The van der Waals surface area contributed by atoms with Crippen molar-refractivity contribution >= 4 is 23.4 Å². The zero-order chi connectivity index (χ0) is 19.3. The van der Waals surface area contributed by atoms with Gasteiger partial charge in [-0.3, -0.25) is 9.36 Å². The van der Waals surface area contributed by atoms with Gasteiger partial charge in [-0.15, -0.1) is 10.2 Å². The van der Waals surface area contributed by atoms with E-state index in [1.54, 1.807) is 36.8 Å². The molecule has 0 bridgehead atoms. The average molecular weight is 398 g/mol. The van der Waals surface area contributed by atoms with Crippen molar-refractivity contribution in [3.05, 3.63) is 72.6 Å². The van der Waals surface area contributed by atoms with Crippen molar-refractivity contribution in [2.24, 2.45) is 0 Å². The quantitative estimate of drug-likeness (QED) is 0.473. The van der Waals surface area contributed by atoms with Crippen LogP contribution in [0.4, 0.5) is 10.1 Å². The number of furan rings is 2. The minimum absolute atomic E-state index is 0.0883. The molecule has 28 heavy (non-hydrogen) atoms. The Morgan fingerprint density at radius 1 is 1.11 bits per heavy atom. The molecule has 0 spiro atoms. The largest absolute Gasteiger partial charge is 0.467 e. The molecule has 4 aromatic rings. The number of rotatable bonds is 7. The number of carbonyl (C=O) groups excluding carboxylic acids is 1. The van der Waals surface area contributed by atoms with Gasteiger partial charge >= 0.3 is 0 Å². The number of nitrogens with one attached hydrogen (secondary N) is 1. The van der Waals surface area contributed by atoms with Crippen LogP contribution in [0, 0.1) is 5.82 Å². The molecule has 142 valence electrons. The van der Waals surface area contributed by atoms with E-state index in [9.17, 15) is 9.18 Å². The molecule has 9 heteroatoms. The Balaban J connectivity index is 1.50. The summed E-state index contributed by atoms with van der Waals surface area (Å²) in [4.78, 5) is 12.2. The average Bonchev–Trinajstić information content (AvgIpc) is 3.43. The third-order valence-electron chi connectivity index (χ3n) is 3.79. The number of hydrogen-bond acceptors (Lipinski definition) is 6. The Labute approximate surface area is 163 Å².